The molecule has 0 aliphatic rings. The maximum Gasteiger partial charge on any atom is 0.0805 e. The Balaban J connectivity index is -0.0000000646. The van der Waals surface area contributed by atoms with Crippen LogP contribution in [-0.4, -0.2) is 10.1 Å². The van der Waals surface area contributed by atoms with Gasteiger partial charge in [0.2, 0.25) is 0 Å². The molecular formula is C7H14OS. The molecule has 0 radical (unpaired) electrons. The Morgan fingerprint density at radius 3 is 1.33 bits per heavy atom. The monoisotopic (exact) mass is 146 g/mol. The molecule has 0 aromatic heterocycles. The summed E-state index contributed by atoms with van der Waals surface area (Å²) >= 11 is 0.250. The van der Waals surface area contributed by atoms with Crippen LogP contribution in [0.3, 0.4) is 0 Å². The third-order valence-corrected chi connectivity index (χ3v) is 0. The van der Waals surface area contributed by atoms with Crippen LogP contribution in [0.4, 0.5) is 0 Å². The number of hydrogen-bond acceptors (Lipinski definition) is 1. The molecular weight excluding hydrogens is 132 g/mol. The van der Waals surface area contributed by atoms with Crippen molar-refractivity contribution >= 4 is 17.1 Å². The quantitative estimate of drug-likeness (QED) is 0.377. The van der Waals surface area contributed by atoms with Crippen molar-refractivity contribution in [1.82, 2.24) is 0 Å². The molecule has 0 aromatic carbocycles. The van der Waals surface area contributed by atoms with E-state index >= 15 is 0 Å². The third-order valence-electron chi connectivity index (χ3n) is 0. The van der Waals surface area contributed by atoms with Gasteiger partial charge in [-0.3, -0.25) is 0 Å². The molecule has 0 N–H and O–H groups in total. The summed E-state index contributed by atoms with van der Waals surface area (Å²) in [5.74, 6) is 2.85. The Morgan fingerprint density at radius 1 is 1.33 bits per heavy atom. The number of rotatable bonds is 0. The van der Waals surface area contributed by atoms with Crippen LogP contribution in [0.2, 0.25) is 0 Å². The smallest absolute Gasteiger partial charge is 0.0805 e. The summed E-state index contributed by atoms with van der Waals surface area (Å²) in [4.78, 5) is 0. The van der Waals surface area contributed by atoms with Gasteiger partial charge in [0.1, 0.15) is 0 Å². The van der Waals surface area contributed by atoms with E-state index in [9.17, 15) is 0 Å². The molecule has 0 saturated carbocycles. The molecule has 0 bridgehead atoms. The fraction of sp³-hybridized carbons (Fsp3) is 0.286. The second-order valence-electron chi connectivity index (χ2n) is 1.32. The maximum absolute atomic E-state index is 8.74. The van der Waals surface area contributed by atoms with Gasteiger partial charge in [-0.25, -0.2) is 4.21 Å². The van der Waals surface area contributed by atoms with E-state index in [1.54, 1.807) is 0 Å². The van der Waals surface area contributed by atoms with E-state index in [-0.39, 0.29) is 11.3 Å². The Hall–Kier alpha value is -0.630. The fourth-order valence-corrected chi connectivity index (χ4v) is 0. The zero-order chi connectivity index (χ0) is 8.28. The van der Waals surface area contributed by atoms with Gasteiger partial charge in [0, 0.05) is 0 Å². The topological polar surface area (TPSA) is 17.1 Å². The Morgan fingerprint density at radius 2 is 1.33 bits per heavy atom. The molecule has 1 nitrogen and oxygen atoms in total. The van der Waals surface area contributed by atoms with Crippen molar-refractivity contribution in [2.45, 2.75) is 13.8 Å². The second kappa shape index (κ2) is 26.3. The minimum atomic E-state index is 0.250. The highest BCUT2D eigenvalue weighted by Crippen LogP contribution is 1.73. The van der Waals surface area contributed by atoms with Gasteiger partial charge in [0.05, 0.1) is 11.3 Å². The molecule has 0 aliphatic heterocycles. The highest BCUT2D eigenvalue weighted by atomic mass is 32.1. The zero-order valence-electron chi connectivity index (χ0n) is 6.14. The van der Waals surface area contributed by atoms with E-state index < -0.39 is 0 Å². The van der Waals surface area contributed by atoms with Crippen LogP contribution in [0.25, 0.3) is 0 Å². The predicted molar refractivity (Wildman–Crippen MR) is 47.0 cm³/mol. The van der Waals surface area contributed by atoms with E-state index in [0.717, 1.165) is 0 Å². The van der Waals surface area contributed by atoms with E-state index in [1.165, 1.54) is 5.57 Å². The van der Waals surface area contributed by atoms with Crippen molar-refractivity contribution in [3.05, 3.63) is 25.3 Å². The fourth-order valence-electron chi connectivity index (χ4n) is 0. The van der Waals surface area contributed by atoms with Gasteiger partial charge < -0.3 is 0 Å². The van der Waals surface area contributed by atoms with Crippen molar-refractivity contribution in [3.8, 4) is 0 Å². The van der Waals surface area contributed by atoms with E-state index in [4.69, 9.17) is 4.21 Å². The summed E-state index contributed by atoms with van der Waals surface area (Å²) in [6.07, 6.45) is 0. The second-order valence-corrected chi connectivity index (χ2v) is 1.56. The van der Waals surface area contributed by atoms with Gasteiger partial charge in [-0.05, 0) is 19.7 Å². The van der Waals surface area contributed by atoms with Crippen molar-refractivity contribution in [3.63, 3.8) is 0 Å². The van der Waals surface area contributed by atoms with Gasteiger partial charge in [0.25, 0.3) is 0 Å². The lowest BCUT2D eigenvalue weighted by Gasteiger charge is -1.65. The molecule has 0 spiro atoms. The van der Waals surface area contributed by atoms with Crippen LogP contribution in [0.5, 0.6) is 0 Å². The molecule has 54 valence electrons. The summed E-state index contributed by atoms with van der Waals surface area (Å²) in [5.41, 5.74) is 1.17. The minimum Gasteiger partial charge on any atom is -0.213 e. The lowest BCUT2D eigenvalue weighted by atomic mass is 10.4. The summed E-state index contributed by atoms with van der Waals surface area (Å²) in [7, 11) is 0. The van der Waals surface area contributed by atoms with Crippen molar-refractivity contribution in [2.24, 2.45) is 0 Å². The molecule has 0 atom stereocenters. The van der Waals surface area contributed by atoms with E-state index in [0.29, 0.717) is 0 Å². The van der Waals surface area contributed by atoms with E-state index in [2.05, 4.69) is 25.6 Å². The molecule has 0 heterocycles. The summed E-state index contributed by atoms with van der Waals surface area (Å²) in [5, 5.41) is 0. The average molecular weight is 146 g/mol. The Kier molecular flexibility index (Phi) is 46.1. The van der Waals surface area contributed by atoms with Gasteiger partial charge >= 0.3 is 0 Å². The van der Waals surface area contributed by atoms with Crippen LogP contribution >= 0.6 is 0 Å². The first-order chi connectivity index (χ1) is 4.15. The summed E-state index contributed by atoms with van der Waals surface area (Å²) < 4.78 is 8.74. The van der Waals surface area contributed by atoms with Gasteiger partial charge in [-0.2, -0.15) is 0 Å². The first kappa shape index (κ1) is 15.8. The summed E-state index contributed by atoms with van der Waals surface area (Å²) in [6, 6.07) is 0. The normalized spacial score (nSPS) is 4.67. The van der Waals surface area contributed by atoms with Crippen molar-refractivity contribution in [2.75, 3.05) is 0 Å². The lowest BCUT2D eigenvalue weighted by Crippen LogP contribution is -1.43. The molecule has 0 fully saturated rings. The summed E-state index contributed by atoms with van der Waals surface area (Å²) in [6.45, 7) is 13.5. The van der Waals surface area contributed by atoms with E-state index in [1.807, 2.05) is 13.8 Å². The van der Waals surface area contributed by atoms with Gasteiger partial charge in [0.15, 0.2) is 0 Å². The predicted octanol–water partition coefficient (Wildman–Crippen LogP) is 2.02. The molecule has 0 amide bonds. The first-order valence-corrected chi connectivity index (χ1v) is 3.22. The minimum absolute atomic E-state index is 0.250. The van der Waals surface area contributed by atoms with Gasteiger partial charge in [-0.15, -0.1) is 19.7 Å². The number of allylic oxidation sites excluding steroid dienone is 1. The molecule has 0 aromatic rings. The molecule has 0 rings (SSSR count). The molecule has 0 aliphatic carbocycles. The molecule has 0 saturated heterocycles. The Labute approximate surface area is 61.2 Å². The van der Waals surface area contributed by atoms with Crippen molar-refractivity contribution < 1.29 is 4.21 Å². The highest BCUT2D eigenvalue weighted by molar-refractivity contribution is 7.63. The lowest BCUT2D eigenvalue weighted by molar-refractivity contribution is 0.701. The highest BCUT2D eigenvalue weighted by Gasteiger charge is 1.51. The first-order valence-electron chi connectivity index (χ1n) is 2.31. The van der Waals surface area contributed by atoms with Crippen LogP contribution in [-0.2, 0) is 11.3 Å². The van der Waals surface area contributed by atoms with Crippen LogP contribution < -0.4 is 0 Å². The van der Waals surface area contributed by atoms with Crippen LogP contribution in [0.15, 0.2) is 25.3 Å². The SMILES string of the molecule is C=C.C=C(C)C.C=S=O. The van der Waals surface area contributed by atoms with Crippen LogP contribution in [0.1, 0.15) is 13.8 Å². The molecule has 2 heteroatoms. The zero-order valence-corrected chi connectivity index (χ0v) is 6.96. The Bertz CT molecular complexity index is 87.1. The average Bonchev–Trinajstić information content (AvgIpc) is 1.71. The van der Waals surface area contributed by atoms with Crippen molar-refractivity contribution in [1.29, 1.82) is 0 Å². The third kappa shape index (κ3) is 535. The standard InChI is InChI=1S/C4H8.C2H4.CH2OS/c1-4(2)3;1-2;1-3-2/h1H2,2-3H3;1-2H2;1H2. The maximum atomic E-state index is 8.74. The number of hydrogen-bond donors (Lipinski definition) is 0. The van der Waals surface area contributed by atoms with Gasteiger partial charge in [-0.1, -0.05) is 5.57 Å². The van der Waals surface area contributed by atoms with Crippen LogP contribution in [0, 0.1) is 0 Å². The largest absolute Gasteiger partial charge is 0.213 e. The molecule has 9 heavy (non-hydrogen) atoms. The molecule has 0 unspecified atom stereocenters.